The summed E-state index contributed by atoms with van der Waals surface area (Å²) < 4.78 is 38.3. The molecule has 2 aliphatic heterocycles. The van der Waals surface area contributed by atoms with Crippen LogP contribution < -0.4 is 0 Å². The number of carbonyl (C=O) groups is 2. The van der Waals surface area contributed by atoms with Crippen LogP contribution in [-0.4, -0.2) is 72.7 Å². The van der Waals surface area contributed by atoms with Gasteiger partial charge in [-0.2, -0.15) is 8.78 Å². The van der Waals surface area contributed by atoms with Crippen molar-refractivity contribution >= 4 is 11.8 Å². The van der Waals surface area contributed by atoms with E-state index in [9.17, 15) is 18.4 Å². The monoisotopic (exact) mass is 374 g/mol. The van der Waals surface area contributed by atoms with Gasteiger partial charge in [0.15, 0.2) is 0 Å². The van der Waals surface area contributed by atoms with Crippen molar-refractivity contribution in [2.75, 3.05) is 39.4 Å². The van der Waals surface area contributed by atoms with Gasteiger partial charge in [0.05, 0.1) is 26.3 Å². The molecule has 1 atom stereocenters. The second-order valence-corrected chi connectivity index (χ2v) is 8.07. The van der Waals surface area contributed by atoms with Crippen molar-refractivity contribution in [1.82, 2.24) is 9.80 Å². The van der Waals surface area contributed by atoms with E-state index in [-0.39, 0.29) is 44.2 Å². The highest BCUT2D eigenvalue weighted by molar-refractivity contribution is 5.83. The average Bonchev–Trinajstić information content (AvgIpc) is 2.60. The van der Waals surface area contributed by atoms with Crippen LogP contribution in [0.25, 0.3) is 0 Å². The SMILES string of the molecule is CC(F)(F)C(=O)N1CCOC2(C1)CN(C(=O)C1(C)CCCCC1)CCO2. The summed E-state index contributed by atoms with van der Waals surface area (Å²) in [5.74, 6) is -5.80. The molecule has 26 heavy (non-hydrogen) atoms. The molecule has 0 aromatic rings. The number of alkyl halides is 2. The molecule has 148 valence electrons. The minimum Gasteiger partial charge on any atom is -0.345 e. The van der Waals surface area contributed by atoms with E-state index in [1.165, 1.54) is 0 Å². The lowest BCUT2D eigenvalue weighted by molar-refractivity contribution is -0.289. The molecule has 2 saturated heterocycles. The van der Waals surface area contributed by atoms with Crippen LogP contribution in [0.1, 0.15) is 46.0 Å². The van der Waals surface area contributed by atoms with Gasteiger partial charge in [-0.15, -0.1) is 0 Å². The van der Waals surface area contributed by atoms with E-state index in [4.69, 9.17) is 9.47 Å². The highest BCUT2D eigenvalue weighted by Crippen LogP contribution is 2.38. The zero-order valence-electron chi connectivity index (χ0n) is 15.6. The Morgan fingerprint density at radius 3 is 2.08 bits per heavy atom. The third-order valence-corrected chi connectivity index (χ3v) is 5.74. The third-order valence-electron chi connectivity index (χ3n) is 5.74. The van der Waals surface area contributed by atoms with Crippen LogP contribution in [0.2, 0.25) is 0 Å². The minimum atomic E-state index is -3.43. The summed E-state index contributed by atoms with van der Waals surface area (Å²) in [7, 11) is 0. The predicted molar refractivity (Wildman–Crippen MR) is 89.6 cm³/mol. The first-order chi connectivity index (χ1) is 12.2. The van der Waals surface area contributed by atoms with Gasteiger partial charge in [-0.1, -0.05) is 26.2 Å². The van der Waals surface area contributed by atoms with E-state index < -0.39 is 17.6 Å². The molecule has 8 heteroatoms. The molecule has 1 saturated carbocycles. The number of halogens is 2. The number of nitrogens with zero attached hydrogens (tertiary/aromatic N) is 2. The molecule has 3 fully saturated rings. The maximum absolute atomic E-state index is 13.4. The number of hydrogen-bond donors (Lipinski definition) is 0. The van der Waals surface area contributed by atoms with E-state index in [2.05, 4.69) is 0 Å². The van der Waals surface area contributed by atoms with E-state index in [1.54, 1.807) is 4.90 Å². The Morgan fingerprint density at radius 2 is 1.50 bits per heavy atom. The molecule has 3 aliphatic rings. The van der Waals surface area contributed by atoms with Gasteiger partial charge in [-0.25, -0.2) is 0 Å². The lowest BCUT2D eigenvalue weighted by Crippen LogP contribution is -2.65. The fourth-order valence-electron chi connectivity index (χ4n) is 4.25. The Balaban J connectivity index is 1.70. The van der Waals surface area contributed by atoms with Crippen LogP contribution in [0.15, 0.2) is 0 Å². The zero-order valence-corrected chi connectivity index (χ0v) is 15.6. The molecule has 6 nitrogen and oxygen atoms in total. The Morgan fingerprint density at radius 1 is 0.962 bits per heavy atom. The lowest BCUT2D eigenvalue weighted by Gasteiger charge is -2.49. The molecule has 2 amide bonds. The highest BCUT2D eigenvalue weighted by Gasteiger charge is 2.49. The molecule has 2 heterocycles. The van der Waals surface area contributed by atoms with Crippen molar-refractivity contribution < 1.29 is 27.8 Å². The van der Waals surface area contributed by atoms with Gasteiger partial charge < -0.3 is 19.3 Å². The van der Waals surface area contributed by atoms with E-state index in [1.807, 2.05) is 6.92 Å². The number of carbonyl (C=O) groups excluding carboxylic acids is 2. The Labute approximate surface area is 152 Å². The summed E-state index contributed by atoms with van der Waals surface area (Å²) in [6, 6.07) is 0. The molecule has 1 aliphatic carbocycles. The molecule has 3 rings (SSSR count). The Bertz CT molecular complexity index is 556. The van der Waals surface area contributed by atoms with Crippen molar-refractivity contribution in [3.8, 4) is 0 Å². The second kappa shape index (κ2) is 7.03. The fraction of sp³-hybridized carbons (Fsp3) is 0.889. The molecule has 1 spiro atoms. The number of ether oxygens (including phenoxy) is 2. The first-order valence-electron chi connectivity index (χ1n) is 9.40. The normalized spacial score (nSPS) is 29.7. The molecular formula is C18H28F2N2O4. The van der Waals surface area contributed by atoms with Crippen LogP contribution in [0.4, 0.5) is 8.78 Å². The summed E-state index contributed by atoms with van der Waals surface area (Å²) in [4.78, 5) is 27.8. The van der Waals surface area contributed by atoms with Crippen molar-refractivity contribution in [2.24, 2.45) is 5.41 Å². The number of rotatable bonds is 2. The highest BCUT2D eigenvalue weighted by atomic mass is 19.3. The van der Waals surface area contributed by atoms with Gasteiger partial charge in [0.2, 0.25) is 11.7 Å². The summed E-state index contributed by atoms with van der Waals surface area (Å²) in [6.07, 6.45) is 4.97. The van der Waals surface area contributed by atoms with Gasteiger partial charge in [0, 0.05) is 25.4 Å². The van der Waals surface area contributed by atoms with Crippen LogP contribution >= 0.6 is 0 Å². The van der Waals surface area contributed by atoms with E-state index >= 15 is 0 Å². The topological polar surface area (TPSA) is 59.1 Å². The van der Waals surface area contributed by atoms with Crippen LogP contribution in [0, 0.1) is 5.41 Å². The fourth-order valence-corrected chi connectivity index (χ4v) is 4.25. The number of amides is 2. The van der Waals surface area contributed by atoms with Crippen LogP contribution in [0.3, 0.4) is 0 Å². The Kier molecular flexibility index (Phi) is 5.27. The van der Waals surface area contributed by atoms with Crippen molar-refractivity contribution in [1.29, 1.82) is 0 Å². The van der Waals surface area contributed by atoms with Crippen LogP contribution in [0.5, 0.6) is 0 Å². The number of morpholine rings is 2. The summed E-state index contributed by atoms with van der Waals surface area (Å²) in [5.41, 5.74) is -0.378. The first kappa shape index (κ1) is 19.5. The van der Waals surface area contributed by atoms with Gasteiger partial charge in [0.25, 0.3) is 5.91 Å². The average molecular weight is 374 g/mol. The smallest absolute Gasteiger partial charge is 0.322 e. The molecule has 1 unspecified atom stereocenters. The quantitative estimate of drug-likeness (QED) is 0.742. The van der Waals surface area contributed by atoms with Gasteiger partial charge in [0.1, 0.15) is 0 Å². The maximum Gasteiger partial charge on any atom is 0.322 e. The van der Waals surface area contributed by atoms with Gasteiger partial charge in [-0.05, 0) is 12.8 Å². The summed E-state index contributed by atoms with van der Waals surface area (Å²) in [5, 5.41) is 0. The molecule has 0 aromatic carbocycles. The van der Waals surface area contributed by atoms with E-state index in [0.717, 1.165) is 37.0 Å². The maximum atomic E-state index is 13.4. The molecule has 0 radical (unpaired) electrons. The molecule has 0 N–H and O–H groups in total. The van der Waals surface area contributed by atoms with Gasteiger partial charge >= 0.3 is 5.92 Å². The van der Waals surface area contributed by atoms with Crippen molar-refractivity contribution in [2.45, 2.75) is 57.7 Å². The summed E-state index contributed by atoms with van der Waals surface area (Å²) >= 11 is 0. The standard InChI is InChI=1S/C18H28F2N2O4/c1-16(6-4-3-5-7-16)14(23)21-8-10-25-18(12-21)13-22(9-11-26-18)15(24)17(2,19)20/h3-13H2,1-2H3. The summed E-state index contributed by atoms with van der Waals surface area (Å²) in [6.45, 7) is 3.62. The lowest BCUT2D eigenvalue weighted by atomic mass is 9.74. The molecule has 0 bridgehead atoms. The van der Waals surface area contributed by atoms with Crippen molar-refractivity contribution in [3.63, 3.8) is 0 Å². The minimum absolute atomic E-state index is 0.0766. The molecule has 0 aromatic heterocycles. The van der Waals surface area contributed by atoms with E-state index in [0.29, 0.717) is 13.5 Å². The third kappa shape index (κ3) is 3.86. The van der Waals surface area contributed by atoms with Crippen molar-refractivity contribution in [3.05, 3.63) is 0 Å². The largest absolute Gasteiger partial charge is 0.345 e. The predicted octanol–water partition coefficient (Wildman–Crippen LogP) is 2.03. The zero-order chi connectivity index (χ0) is 19.0. The second-order valence-electron chi connectivity index (χ2n) is 8.07. The molecular weight excluding hydrogens is 346 g/mol. The first-order valence-corrected chi connectivity index (χ1v) is 9.40. The Hall–Kier alpha value is -1.28. The van der Waals surface area contributed by atoms with Gasteiger partial charge in [-0.3, -0.25) is 9.59 Å². The number of hydrogen-bond acceptors (Lipinski definition) is 4. The van der Waals surface area contributed by atoms with Crippen LogP contribution in [-0.2, 0) is 19.1 Å².